The SMILES string of the molecule is COCC(C)n1c(C)cc(C(=O)COC(=O)c2ncsc2S(N)(=O)=O)c1C. The quantitative estimate of drug-likeness (QED) is 0.510. The molecule has 1 atom stereocenters. The number of thiazole rings is 1. The molecule has 0 saturated carbocycles. The average Bonchev–Trinajstić information content (AvgIpc) is 3.17. The van der Waals surface area contributed by atoms with E-state index in [0.29, 0.717) is 23.5 Å². The van der Waals surface area contributed by atoms with Gasteiger partial charge in [0.25, 0.3) is 0 Å². The number of nitrogens with two attached hydrogens (primary N) is 1. The molecule has 0 aliphatic rings. The first kappa shape index (κ1) is 21.2. The van der Waals surface area contributed by atoms with Crippen LogP contribution in [-0.2, 0) is 19.5 Å². The van der Waals surface area contributed by atoms with E-state index in [1.54, 1.807) is 20.1 Å². The van der Waals surface area contributed by atoms with Crippen LogP contribution in [0.25, 0.3) is 0 Å². The summed E-state index contributed by atoms with van der Waals surface area (Å²) in [5.41, 5.74) is 2.78. The number of sulfonamides is 1. The zero-order chi connectivity index (χ0) is 20.4. The van der Waals surface area contributed by atoms with Crippen molar-refractivity contribution in [1.29, 1.82) is 0 Å². The molecule has 0 fully saturated rings. The van der Waals surface area contributed by atoms with Crippen molar-refractivity contribution in [2.24, 2.45) is 5.14 Å². The average molecular weight is 415 g/mol. The number of Topliss-reactive ketones (excluding diaryl/α,β-unsaturated/α-hetero) is 1. The van der Waals surface area contributed by atoms with Crippen LogP contribution in [0.5, 0.6) is 0 Å². The van der Waals surface area contributed by atoms with Gasteiger partial charge in [0.05, 0.1) is 18.2 Å². The molecule has 9 nitrogen and oxygen atoms in total. The molecule has 0 radical (unpaired) electrons. The van der Waals surface area contributed by atoms with Crippen LogP contribution < -0.4 is 5.14 Å². The van der Waals surface area contributed by atoms with Gasteiger partial charge < -0.3 is 14.0 Å². The summed E-state index contributed by atoms with van der Waals surface area (Å²) in [7, 11) is -2.49. The van der Waals surface area contributed by atoms with E-state index < -0.39 is 38.3 Å². The number of ketones is 1. The second-order valence-electron chi connectivity index (χ2n) is 5.99. The van der Waals surface area contributed by atoms with E-state index in [4.69, 9.17) is 14.6 Å². The second kappa shape index (κ2) is 8.30. The molecule has 0 saturated heterocycles. The van der Waals surface area contributed by atoms with Crippen LogP contribution in [0.1, 0.15) is 45.2 Å². The third kappa shape index (κ3) is 4.61. The predicted octanol–water partition coefficient (Wildman–Crippen LogP) is 1.46. The second-order valence-corrected chi connectivity index (χ2v) is 8.60. The first-order valence-corrected chi connectivity index (χ1v) is 10.3. The third-order valence-corrected chi connectivity index (χ3v) is 6.27. The molecule has 11 heteroatoms. The van der Waals surface area contributed by atoms with Crippen molar-refractivity contribution in [2.75, 3.05) is 20.3 Å². The highest BCUT2D eigenvalue weighted by molar-refractivity contribution is 7.91. The van der Waals surface area contributed by atoms with Crippen molar-refractivity contribution in [3.8, 4) is 0 Å². The van der Waals surface area contributed by atoms with Gasteiger partial charge in [0.1, 0.15) is 0 Å². The summed E-state index contributed by atoms with van der Waals surface area (Å²) in [6.45, 7) is 5.58. The molecule has 2 heterocycles. The fourth-order valence-electron chi connectivity index (χ4n) is 2.90. The molecule has 2 aromatic heterocycles. The summed E-state index contributed by atoms with van der Waals surface area (Å²) >= 11 is 0.706. The van der Waals surface area contributed by atoms with Crippen molar-refractivity contribution < 1.29 is 27.5 Å². The van der Waals surface area contributed by atoms with Crippen LogP contribution in [0.2, 0.25) is 0 Å². The molecule has 148 valence electrons. The Morgan fingerprint density at radius 3 is 2.63 bits per heavy atom. The Labute approximate surface area is 161 Å². The number of ether oxygens (including phenoxy) is 2. The van der Waals surface area contributed by atoms with E-state index in [1.165, 1.54) is 5.51 Å². The van der Waals surface area contributed by atoms with E-state index in [-0.39, 0.29) is 6.04 Å². The van der Waals surface area contributed by atoms with Crippen molar-refractivity contribution in [2.45, 2.75) is 31.0 Å². The minimum absolute atomic E-state index is 0.0337. The smallest absolute Gasteiger partial charge is 0.359 e. The molecule has 2 aromatic rings. The fourth-order valence-corrected chi connectivity index (χ4v) is 4.48. The fraction of sp³-hybridized carbons (Fsp3) is 0.438. The van der Waals surface area contributed by atoms with Gasteiger partial charge in [0, 0.05) is 24.1 Å². The van der Waals surface area contributed by atoms with Crippen molar-refractivity contribution in [3.05, 3.63) is 34.2 Å². The highest BCUT2D eigenvalue weighted by atomic mass is 32.2. The summed E-state index contributed by atoms with van der Waals surface area (Å²) in [6.07, 6.45) is 0. The lowest BCUT2D eigenvalue weighted by molar-refractivity contribution is 0.0466. The number of methoxy groups -OCH3 is 1. The topological polar surface area (TPSA) is 131 Å². The molecular weight excluding hydrogens is 394 g/mol. The Hall–Kier alpha value is -2.08. The van der Waals surface area contributed by atoms with E-state index in [1.807, 2.05) is 18.4 Å². The number of hydrogen-bond donors (Lipinski definition) is 1. The molecule has 0 aliphatic carbocycles. The van der Waals surface area contributed by atoms with Crippen molar-refractivity contribution >= 4 is 33.1 Å². The minimum Gasteiger partial charge on any atom is -0.453 e. The van der Waals surface area contributed by atoms with Crippen LogP contribution >= 0.6 is 11.3 Å². The zero-order valence-corrected chi connectivity index (χ0v) is 17.0. The van der Waals surface area contributed by atoms with Gasteiger partial charge in [-0.05, 0) is 26.8 Å². The lowest BCUT2D eigenvalue weighted by Crippen LogP contribution is -2.19. The van der Waals surface area contributed by atoms with Gasteiger partial charge in [0.2, 0.25) is 15.8 Å². The van der Waals surface area contributed by atoms with Crippen LogP contribution in [0.15, 0.2) is 15.8 Å². The number of aromatic nitrogens is 2. The summed E-state index contributed by atoms with van der Waals surface area (Å²) < 4.78 is 34.6. The lowest BCUT2D eigenvalue weighted by atomic mass is 10.1. The van der Waals surface area contributed by atoms with Crippen LogP contribution in [0.3, 0.4) is 0 Å². The maximum absolute atomic E-state index is 12.5. The third-order valence-electron chi connectivity index (χ3n) is 3.95. The van der Waals surface area contributed by atoms with Gasteiger partial charge >= 0.3 is 5.97 Å². The van der Waals surface area contributed by atoms with Gasteiger partial charge in [-0.25, -0.2) is 23.3 Å². The predicted molar refractivity (Wildman–Crippen MR) is 98.6 cm³/mol. The van der Waals surface area contributed by atoms with Gasteiger partial charge in [-0.3, -0.25) is 4.79 Å². The molecule has 0 bridgehead atoms. The number of nitrogens with zero attached hydrogens (tertiary/aromatic N) is 2. The standard InChI is InChI=1S/C16H21N3O6S2/c1-9-5-12(11(3)19(9)10(2)6-24-4)13(20)7-25-15(21)14-16(26-8-18-14)27(17,22)23/h5,8,10H,6-7H2,1-4H3,(H2,17,22,23). The number of carbonyl (C=O) groups excluding carboxylic acids is 2. The maximum atomic E-state index is 12.5. The zero-order valence-electron chi connectivity index (χ0n) is 15.4. The summed E-state index contributed by atoms with van der Waals surface area (Å²) in [5, 5.41) is 5.03. The summed E-state index contributed by atoms with van der Waals surface area (Å²) in [5.74, 6) is -1.42. The van der Waals surface area contributed by atoms with Crippen molar-refractivity contribution in [1.82, 2.24) is 9.55 Å². The number of aryl methyl sites for hydroxylation is 1. The number of primary sulfonamides is 1. The molecule has 0 aliphatic heterocycles. The molecule has 1 unspecified atom stereocenters. The first-order chi connectivity index (χ1) is 12.6. The summed E-state index contributed by atoms with van der Waals surface area (Å²) in [6, 6.07) is 1.75. The number of rotatable bonds is 8. The molecular formula is C16H21N3O6S2. The Balaban J connectivity index is 2.14. The van der Waals surface area contributed by atoms with E-state index in [2.05, 4.69) is 4.98 Å². The number of esters is 1. The highest BCUT2D eigenvalue weighted by Gasteiger charge is 2.25. The Kier molecular flexibility index (Phi) is 6.52. The van der Waals surface area contributed by atoms with E-state index in [9.17, 15) is 18.0 Å². The molecule has 2 N–H and O–H groups in total. The Morgan fingerprint density at radius 2 is 2.04 bits per heavy atom. The minimum atomic E-state index is -4.09. The normalized spacial score (nSPS) is 12.8. The Morgan fingerprint density at radius 1 is 1.37 bits per heavy atom. The molecule has 0 spiro atoms. The van der Waals surface area contributed by atoms with Gasteiger partial charge in [-0.1, -0.05) is 0 Å². The molecule has 2 rings (SSSR count). The van der Waals surface area contributed by atoms with Gasteiger partial charge in [-0.15, -0.1) is 11.3 Å². The Bertz CT molecular complexity index is 961. The summed E-state index contributed by atoms with van der Waals surface area (Å²) in [4.78, 5) is 28.2. The largest absolute Gasteiger partial charge is 0.453 e. The lowest BCUT2D eigenvalue weighted by Gasteiger charge is -2.17. The van der Waals surface area contributed by atoms with E-state index in [0.717, 1.165) is 11.4 Å². The van der Waals surface area contributed by atoms with Gasteiger partial charge in [0.15, 0.2) is 16.5 Å². The van der Waals surface area contributed by atoms with Crippen LogP contribution in [0, 0.1) is 13.8 Å². The highest BCUT2D eigenvalue weighted by Crippen LogP contribution is 2.22. The van der Waals surface area contributed by atoms with Crippen LogP contribution in [-0.4, -0.2) is 50.0 Å². The van der Waals surface area contributed by atoms with Crippen LogP contribution in [0.4, 0.5) is 0 Å². The molecule has 0 aromatic carbocycles. The van der Waals surface area contributed by atoms with Gasteiger partial charge in [-0.2, -0.15) is 0 Å². The number of carbonyl (C=O) groups is 2. The first-order valence-electron chi connectivity index (χ1n) is 7.91. The number of hydrogen-bond acceptors (Lipinski definition) is 8. The molecule has 27 heavy (non-hydrogen) atoms. The maximum Gasteiger partial charge on any atom is 0.359 e. The monoisotopic (exact) mass is 415 g/mol. The van der Waals surface area contributed by atoms with E-state index >= 15 is 0 Å². The van der Waals surface area contributed by atoms with Crippen molar-refractivity contribution in [3.63, 3.8) is 0 Å². The molecule has 0 amide bonds.